The van der Waals surface area contributed by atoms with Crippen LogP contribution < -0.4 is 0 Å². The van der Waals surface area contributed by atoms with Crippen molar-refractivity contribution in [1.82, 2.24) is 9.80 Å². The highest BCUT2D eigenvalue weighted by molar-refractivity contribution is 4.79. The quantitative estimate of drug-likeness (QED) is 0.625. The molecule has 0 saturated carbocycles. The van der Waals surface area contributed by atoms with E-state index in [0.29, 0.717) is 0 Å². The Hall–Kier alpha value is -0.0800. The van der Waals surface area contributed by atoms with Gasteiger partial charge in [0.05, 0.1) is 0 Å². The molecule has 2 heteroatoms. The van der Waals surface area contributed by atoms with Crippen molar-refractivity contribution in [2.45, 2.75) is 33.2 Å². The molecule has 0 spiro atoms. The van der Waals surface area contributed by atoms with E-state index >= 15 is 0 Å². The molecule has 12 heavy (non-hydrogen) atoms. The summed E-state index contributed by atoms with van der Waals surface area (Å²) >= 11 is 0. The zero-order valence-electron chi connectivity index (χ0n) is 9.30. The Morgan fingerprint density at radius 3 is 2.17 bits per heavy atom. The van der Waals surface area contributed by atoms with Crippen LogP contribution in [-0.2, 0) is 0 Å². The summed E-state index contributed by atoms with van der Waals surface area (Å²) < 4.78 is 0. The van der Waals surface area contributed by atoms with Crippen molar-refractivity contribution >= 4 is 0 Å². The van der Waals surface area contributed by atoms with E-state index in [-0.39, 0.29) is 0 Å². The van der Waals surface area contributed by atoms with E-state index in [0.717, 1.165) is 6.04 Å². The zero-order chi connectivity index (χ0) is 9.56. The van der Waals surface area contributed by atoms with Gasteiger partial charge in [0.2, 0.25) is 0 Å². The van der Waals surface area contributed by atoms with Crippen molar-refractivity contribution in [3.05, 3.63) is 0 Å². The van der Waals surface area contributed by atoms with Crippen LogP contribution in [0.3, 0.4) is 0 Å². The first-order valence-corrected chi connectivity index (χ1v) is 5.12. The first-order valence-electron chi connectivity index (χ1n) is 5.12. The van der Waals surface area contributed by atoms with Gasteiger partial charge in [-0.25, -0.2) is 0 Å². The Balaban J connectivity index is 0.000000561. The van der Waals surface area contributed by atoms with Gasteiger partial charge in [0, 0.05) is 12.6 Å². The number of rotatable bonds is 2. The third-order valence-corrected chi connectivity index (χ3v) is 2.43. The summed E-state index contributed by atoms with van der Waals surface area (Å²) in [6, 6.07) is 0.806. The molecular formula is C10H24N2. The van der Waals surface area contributed by atoms with E-state index in [9.17, 15) is 0 Å². The molecule has 0 radical (unpaired) electrons. The molecule has 1 heterocycles. The summed E-state index contributed by atoms with van der Waals surface area (Å²) in [7, 11) is 4.34. The lowest BCUT2D eigenvalue weighted by Gasteiger charge is -2.19. The number of likely N-dealkylation sites (tertiary alicyclic amines) is 1. The van der Waals surface area contributed by atoms with Gasteiger partial charge in [-0.3, -0.25) is 0 Å². The molecule has 0 N–H and O–H groups in total. The summed E-state index contributed by atoms with van der Waals surface area (Å²) in [5, 5.41) is 0. The van der Waals surface area contributed by atoms with Crippen LogP contribution in [-0.4, -0.2) is 49.6 Å². The fourth-order valence-corrected chi connectivity index (χ4v) is 1.52. The summed E-state index contributed by atoms with van der Waals surface area (Å²) in [4.78, 5) is 4.83. The van der Waals surface area contributed by atoms with Crippen molar-refractivity contribution < 1.29 is 0 Å². The molecule has 0 bridgehead atoms. The minimum Gasteiger partial charge on any atom is -0.305 e. The predicted molar refractivity (Wildman–Crippen MR) is 55.6 cm³/mol. The predicted octanol–water partition coefficient (Wildman–Crippen LogP) is 1.67. The van der Waals surface area contributed by atoms with Crippen molar-refractivity contribution in [2.24, 2.45) is 0 Å². The Kier molecular flexibility index (Phi) is 6.39. The highest BCUT2D eigenvalue weighted by Gasteiger charge is 2.21. The Morgan fingerprint density at radius 2 is 1.92 bits per heavy atom. The van der Waals surface area contributed by atoms with Crippen LogP contribution >= 0.6 is 0 Å². The SMILES string of the molecule is CC.CCN1CCC(N(C)C)C1. The second kappa shape index (κ2) is 6.44. The monoisotopic (exact) mass is 172 g/mol. The highest BCUT2D eigenvalue weighted by atomic mass is 15.2. The van der Waals surface area contributed by atoms with Gasteiger partial charge in [-0.05, 0) is 33.6 Å². The second-order valence-electron chi connectivity index (χ2n) is 3.30. The molecule has 2 nitrogen and oxygen atoms in total. The molecule has 0 amide bonds. The van der Waals surface area contributed by atoms with Crippen LogP contribution in [0.2, 0.25) is 0 Å². The van der Waals surface area contributed by atoms with Crippen LogP contribution in [0, 0.1) is 0 Å². The van der Waals surface area contributed by atoms with E-state index in [1.54, 1.807) is 0 Å². The van der Waals surface area contributed by atoms with Crippen LogP contribution in [0.15, 0.2) is 0 Å². The first-order chi connectivity index (χ1) is 5.74. The maximum Gasteiger partial charge on any atom is 0.0229 e. The van der Waals surface area contributed by atoms with Crippen LogP contribution in [0.25, 0.3) is 0 Å². The third kappa shape index (κ3) is 3.55. The van der Waals surface area contributed by atoms with E-state index in [1.807, 2.05) is 13.8 Å². The lowest BCUT2D eigenvalue weighted by Crippen LogP contribution is -2.31. The topological polar surface area (TPSA) is 6.48 Å². The van der Waals surface area contributed by atoms with Crippen molar-refractivity contribution in [3.63, 3.8) is 0 Å². The van der Waals surface area contributed by atoms with Gasteiger partial charge >= 0.3 is 0 Å². The lowest BCUT2D eigenvalue weighted by molar-refractivity contribution is 0.275. The number of nitrogens with zero attached hydrogens (tertiary/aromatic N) is 2. The zero-order valence-corrected chi connectivity index (χ0v) is 9.30. The van der Waals surface area contributed by atoms with E-state index in [4.69, 9.17) is 0 Å². The second-order valence-corrected chi connectivity index (χ2v) is 3.30. The molecule has 1 rings (SSSR count). The van der Waals surface area contributed by atoms with E-state index in [2.05, 4.69) is 30.8 Å². The molecule has 1 aliphatic rings. The van der Waals surface area contributed by atoms with Gasteiger partial charge in [0.15, 0.2) is 0 Å². The van der Waals surface area contributed by atoms with Gasteiger partial charge in [-0.2, -0.15) is 0 Å². The molecule has 74 valence electrons. The largest absolute Gasteiger partial charge is 0.305 e. The minimum atomic E-state index is 0.806. The molecule has 1 aliphatic heterocycles. The average Bonchev–Trinajstić information content (AvgIpc) is 2.55. The van der Waals surface area contributed by atoms with Crippen LogP contribution in [0.5, 0.6) is 0 Å². The van der Waals surface area contributed by atoms with E-state index < -0.39 is 0 Å². The first kappa shape index (κ1) is 11.9. The average molecular weight is 172 g/mol. The van der Waals surface area contributed by atoms with Gasteiger partial charge in [-0.15, -0.1) is 0 Å². The maximum absolute atomic E-state index is 2.50. The smallest absolute Gasteiger partial charge is 0.0229 e. The number of likely N-dealkylation sites (N-methyl/N-ethyl adjacent to an activating group) is 2. The molecule has 1 unspecified atom stereocenters. The van der Waals surface area contributed by atoms with Crippen molar-refractivity contribution in [3.8, 4) is 0 Å². The summed E-state index contributed by atoms with van der Waals surface area (Å²) in [6.45, 7) is 10.0. The van der Waals surface area contributed by atoms with Crippen LogP contribution in [0.1, 0.15) is 27.2 Å². The molecule has 1 atom stereocenters. The highest BCUT2D eigenvalue weighted by Crippen LogP contribution is 2.11. The fourth-order valence-electron chi connectivity index (χ4n) is 1.52. The molecule has 1 saturated heterocycles. The Morgan fingerprint density at radius 1 is 1.33 bits per heavy atom. The summed E-state index contributed by atoms with van der Waals surface area (Å²) in [6.07, 6.45) is 1.35. The molecule has 1 fully saturated rings. The normalized spacial score (nSPS) is 24.0. The summed E-state index contributed by atoms with van der Waals surface area (Å²) in [5.41, 5.74) is 0. The maximum atomic E-state index is 2.50. The van der Waals surface area contributed by atoms with Gasteiger partial charge in [-0.1, -0.05) is 20.8 Å². The number of hydrogen-bond donors (Lipinski definition) is 0. The molecule has 0 aromatic rings. The van der Waals surface area contributed by atoms with Gasteiger partial charge < -0.3 is 9.80 Å². The third-order valence-electron chi connectivity index (χ3n) is 2.43. The standard InChI is InChI=1S/C8H18N2.C2H6/c1-4-10-6-5-8(7-10)9(2)3;1-2/h8H,4-7H2,1-3H3;1-2H3. The number of hydrogen-bond acceptors (Lipinski definition) is 2. The molecule has 0 aromatic carbocycles. The molecular weight excluding hydrogens is 148 g/mol. The van der Waals surface area contributed by atoms with Gasteiger partial charge in [0.1, 0.15) is 0 Å². The molecule has 0 aromatic heterocycles. The minimum absolute atomic E-state index is 0.806. The fraction of sp³-hybridized carbons (Fsp3) is 1.00. The Labute approximate surface area is 77.5 Å². The lowest BCUT2D eigenvalue weighted by atomic mass is 10.2. The van der Waals surface area contributed by atoms with E-state index in [1.165, 1.54) is 26.1 Å². The van der Waals surface area contributed by atoms with Crippen molar-refractivity contribution in [2.75, 3.05) is 33.7 Å². The molecule has 0 aliphatic carbocycles. The van der Waals surface area contributed by atoms with Gasteiger partial charge in [0.25, 0.3) is 0 Å². The van der Waals surface area contributed by atoms with Crippen molar-refractivity contribution in [1.29, 1.82) is 0 Å². The van der Waals surface area contributed by atoms with Crippen LogP contribution in [0.4, 0.5) is 0 Å². The summed E-state index contributed by atoms with van der Waals surface area (Å²) in [5.74, 6) is 0. The Bertz CT molecular complexity index is 102.